The van der Waals surface area contributed by atoms with E-state index < -0.39 is 11.4 Å². The van der Waals surface area contributed by atoms with Crippen LogP contribution < -0.4 is 5.32 Å². The quantitative estimate of drug-likeness (QED) is 0.842. The molecule has 5 nitrogen and oxygen atoms in total. The van der Waals surface area contributed by atoms with E-state index in [1.54, 1.807) is 6.07 Å². The number of carboxylic acids is 1. The highest BCUT2D eigenvalue weighted by molar-refractivity contribution is 9.11. The van der Waals surface area contributed by atoms with Crippen molar-refractivity contribution in [3.8, 4) is 0 Å². The zero-order valence-corrected chi connectivity index (χ0v) is 12.4. The van der Waals surface area contributed by atoms with Crippen LogP contribution in [0.25, 0.3) is 0 Å². The lowest BCUT2D eigenvalue weighted by molar-refractivity contribution is -0.143. The van der Waals surface area contributed by atoms with Crippen LogP contribution in [-0.4, -0.2) is 28.5 Å². The molecule has 1 aromatic heterocycles. The minimum absolute atomic E-state index is 0.144. The molecule has 1 aromatic rings. The first kappa shape index (κ1) is 13.5. The molecule has 0 radical (unpaired) electrons. The Hall–Kier alpha value is -0.950. The second-order valence-corrected chi connectivity index (χ2v) is 6.02. The van der Waals surface area contributed by atoms with Crippen LogP contribution in [0, 0.1) is 5.41 Å². The smallest absolute Gasteiger partial charge is 0.311 e. The van der Waals surface area contributed by atoms with E-state index in [0.717, 1.165) is 4.47 Å². The van der Waals surface area contributed by atoms with Gasteiger partial charge < -0.3 is 10.4 Å². The molecule has 1 heterocycles. The lowest BCUT2D eigenvalue weighted by Crippen LogP contribution is -2.34. The number of amides is 1. The molecule has 1 saturated carbocycles. The standard InChI is InChI=1S/C11H10Br2N2O3/c12-6-3-7(13)8(14-4-6)9(16)15-5-11(1-2-11)10(17)18/h3-4H,1-2,5H2,(H,15,16)(H,17,18). The van der Waals surface area contributed by atoms with Crippen molar-refractivity contribution in [2.45, 2.75) is 12.8 Å². The monoisotopic (exact) mass is 376 g/mol. The van der Waals surface area contributed by atoms with E-state index >= 15 is 0 Å². The zero-order chi connectivity index (χ0) is 13.3. The first-order chi connectivity index (χ1) is 8.44. The minimum Gasteiger partial charge on any atom is -0.481 e. The van der Waals surface area contributed by atoms with E-state index in [0.29, 0.717) is 17.3 Å². The van der Waals surface area contributed by atoms with E-state index in [9.17, 15) is 9.59 Å². The molecule has 7 heteroatoms. The molecule has 96 valence electrons. The SMILES string of the molecule is O=C(NCC1(C(=O)O)CC1)c1ncc(Br)cc1Br. The lowest BCUT2D eigenvalue weighted by atomic mass is 10.1. The van der Waals surface area contributed by atoms with E-state index in [4.69, 9.17) is 5.11 Å². The number of nitrogens with zero attached hydrogens (tertiary/aromatic N) is 1. The fraction of sp³-hybridized carbons (Fsp3) is 0.364. The highest BCUT2D eigenvalue weighted by Crippen LogP contribution is 2.45. The third kappa shape index (κ3) is 2.72. The molecule has 1 aliphatic rings. The predicted octanol–water partition coefficient (Wildman–Crippen LogP) is 2.20. The Balaban J connectivity index is 2.02. The van der Waals surface area contributed by atoms with Crippen molar-refractivity contribution in [3.05, 3.63) is 26.9 Å². The molecule has 18 heavy (non-hydrogen) atoms. The van der Waals surface area contributed by atoms with Gasteiger partial charge in [0, 0.05) is 17.2 Å². The van der Waals surface area contributed by atoms with Gasteiger partial charge in [0.2, 0.25) is 0 Å². The first-order valence-corrected chi connectivity index (χ1v) is 6.86. The third-order valence-electron chi connectivity index (χ3n) is 2.92. The van der Waals surface area contributed by atoms with Gasteiger partial charge in [-0.15, -0.1) is 0 Å². The first-order valence-electron chi connectivity index (χ1n) is 5.27. The molecule has 0 aromatic carbocycles. The summed E-state index contributed by atoms with van der Waals surface area (Å²) in [5.41, 5.74) is -0.517. The largest absolute Gasteiger partial charge is 0.481 e. The van der Waals surface area contributed by atoms with Crippen LogP contribution in [0.4, 0.5) is 0 Å². The maximum Gasteiger partial charge on any atom is 0.311 e. The van der Waals surface area contributed by atoms with Gasteiger partial charge in [-0.25, -0.2) is 4.98 Å². The predicted molar refractivity (Wildman–Crippen MR) is 71.3 cm³/mol. The summed E-state index contributed by atoms with van der Waals surface area (Å²) in [7, 11) is 0. The number of hydrogen-bond acceptors (Lipinski definition) is 3. The number of aromatic nitrogens is 1. The van der Waals surface area contributed by atoms with Gasteiger partial charge in [-0.3, -0.25) is 9.59 Å². The molecule has 1 fully saturated rings. The highest BCUT2D eigenvalue weighted by Gasteiger charge is 2.50. The van der Waals surface area contributed by atoms with Gasteiger partial charge in [-0.1, -0.05) is 0 Å². The van der Waals surface area contributed by atoms with Gasteiger partial charge in [-0.05, 0) is 50.8 Å². The topological polar surface area (TPSA) is 79.3 Å². The number of carboxylic acid groups (broad SMARTS) is 1. The van der Waals surface area contributed by atoms with E-state index in [1.165, 1.54) is 6.20 Å². The number of carbonyl (C=O) groups is 2. The van der Waals surface area contributed by atoms with Crippen LogP contribution in [0.15, 0.2) is 21.2 Å². The molecule has 1 amide bonds. The molecule has 0 bridgehead atoms. The molecule has 0 saturated heterocycles. The summed E-state index contributed by atoms with van der Waals surface area (Å²) in [6.45, 7) is 0.144. The van der Waals surface area contributed by atoms with E-state index in [1.807, 2.05) is 0 Å². The maximum absolute atomic E-state index is 11.9. The summed E-state index contributed by atoms with van der Waals surface area (Å²) in [4.78, 5) is 26.8. The summed E-state index contributed by atoms with van der Waals surface area (Å²) >= 11 is 6.49. The lowest BCUT2D eigenvalue weighted by Gasteiger charge is -2.11. The Morgan fingerprint density at radius 1 is 1.44 bits per heavy atom. The van der Waals surface area contributed by atoms with Crippen molar-refractivity contribution in [1.29, 1.82) is 0 Å². The van der Waals surface area contributed by atoms with Gasteiger partial charge in [0.05, 0.1) is 9.89 Å². The second kappa shape index (κ2) is 4.97. The van der Waals surface area contributed by atoms with Gasteiger partial charge in [0.1, 0.15) is 5.69 Å². The summed E-state index contributed by atoms with van der Waals surface area (Å²) in [5, 5.41) is 11.6. The van der Waals surface area contributed by atoms with Crippen molar-refractivity contribution in [3.63, 3.8) is 0 Å². The van der Waals surface area contributed by atoms with E-state index in [2.05, 4.69) is 42.2 Å². The third-order valence-corrected chi connectivity index (χ3v) is 3.96. The van der Waals surface area contributed by atoms with Crippen molar-refractivity contribution < 1.29 is 14.7 Å². The summed E-state index contributed by atoms with van der Waals surface area (Å²) in [5.74, 6) is -1.23. The zero-order valence-electron chi connectivity index (χ0n) is 9.24. The number of carbonyl (C=O) groups excluding carboxylic acids is 1. The maximum atomic E-state index is 11.9. The van der Waals surface area contributed by atoms with Gasteiger partial charge >= 0.3 is 5.97 Å². The number of halogens is 2. The van der Waals surface area contributed by atoms with Crippen molar-refractivity contribution in [1.82, 2.24) is 10.3 Å². The van der Waals surface area contributed by atoms with Crippen LogP contribution >= 0.6 is 31.9 Å². The van der Waals surface area contributed by atoms with Crippen LogP contribution in [0.1, 0.15) is 23.3 Å². The van der Waals surface area contributed by atoms with E-state index in [-0.39, 0.29) is 18.1 Å². The Morgan fingerprint density at radius 3 is 2.61 bits per heavy atom. The Kier molecular flexibility index (Phi) is 3.72. The second-order valence-electron chi connectivity index (χ2n) is 4.25. The number of rotatable bonds is 4. The number of aliphatic carboxylic acids is 1. The molecular formula is C11H10Br2N2O3. The van der Waals surface area contributed by atoms with Crippen LogP contribution in [0.3, 0.4) is 0 Å². The number of pyridine rings is 1. The summed E-state index contributed by atoms with van der Waals surface area (Å²) < 4.78 is 1.32. The van der Waals surface area contributed by atoms with Gasteiger partial charge in [0.25, 0.3) is 5.91 Å². The molecule has 2 rings (SSSR count). The fourth-order valence-electron chi connectivity index (χ4n) is 1.53. The molecule has 0 unspecified atom stereocenters. The average molecular weight is 378 g/mol. The molecule has 1 aliphatic carbocycles. The fourth-order valence-corrected chi connectivity index (χ4v) is 2.70. The van der Waals surface area contributed by atoms with Crippen molar-refractivity contribution in [2.24, 2.45) is 5.41 Å². The summed E-state index contributed by atoms with van der Waals surface area (Å²) in [6.07, 6.45) is 2.73. The molecule has 2 N–H and O–H groups in total. The molecule has 0 aliphatic heterocycles. The molecular weight excluding hydrogens is 368 g/mol. The Labute approximate surface area is 120 Å². The minimum atomic E-state index is -0.856. The summed E-state index contributed by atoms with van der Waals surface area (Å²) in [6, 6.07) is 1.71. The highest BCUT2D eigenvalue weighted by atomic mass is 79.9. The van der Waals surface area contributed by atoms with Crippen molar-refractivity contribution in [2.75, 3.05) is 6.54 Å². The molecule has 0 spiro atoms. The Bertz CT molecular complexity index is 515. The normalized spacial score (nSPS) is 16.1. The number of hydrogen-bond donors (Lipinski definition) is 2. The van der Waals surface area contributed by atoms with Crippen LogP contribution in [0.2, 0.25) is 0 Å². The van der Waals surface area contributed by atoms with Crippen LogP contribution in [0.5, 0.6) is 0 Å². The van der Waals surface area contributed by atoms with Gasteiger partial charge in [-0.2, -0.15) is 0 Å². The average Bonchev–Trinajstić information content (AvgIpc) is 3.07. The molecule has 0 atom stereocenters. The van der Waals surface area contributed by atoms with Crippen molar-refractivity contribution >= 4 is 43.7 Å². The number of nitrogens with one attached hydrogen (secondary N) is 1. The van der Waals surface area contributed by atoms with Gasteiger partial charge in [0.15, 0.2) is 0 Å². The Morgan fingerprint density at radius 2 is 2.11 bits per heavy atom. The van der Waals surface area contributed by atoms with Crippen LogP contribution in [-0.2, 0) is 4.79 Å².